The average molecular weight is 229 g/mol. The molecule has 0 saturated carbocycles. The van der Waals surface area contributed by atoms with E-state index in [9.17, 15) is 15.2 Å². The van der Waals surface area contributed by atoms with Crippen molar-refractivity contribution in [2.75, 3.05) is 6.61 Å². The van der Waals surface area contributed by atoms with Gasteiger partial charge < -0.3 is 9.84 Å². The first-order chi connectivity index (χ1) is 7.49. The predicted molar refractivity (Wildman–Crippen MR) is 56.0 cm³/mol. The first kappa shape index (κ1) is 12.6. The highest BCUT2D eigenvalue weighted by molar-refractivity contribution is 5.20. The summed E-state index contributed by atoms with van der Waals surface area (Å²) in [6.07, 6.45) is 1.75. The third-order valence-electron chi connectivity index (χ3n) is 1.85. The minimum atomic E-state index is -0.720. The van der Waals surface area contributed by atoms with E-state index in [2.05, 4.69) is 5.10 Å². The van der Waals surface area contributed by atoms with Crippen LogP contribution in [0.1, 0.15) is 13.8 Å². The fourth-order valence-electron chi connectivity index (χ4n) is 1.12. The molecule has 1 unspecified atom stereocenters. The van der Waals surface area contributed by atoms with Gasteiger partial charge in [-0.25, -0.2) is 0 Å². The molecule has 0 amide bonds. The predicted octanol–water partition coefficient (Wildman–Crippen LogP) is 0.577. The highest BCUT2D eigenvalue weighted by Crippen LogP contribution is 2.08. The van der Waals surface area contributed by atoms with Gasteiger partial charge in [0.1, 0.15) is 12.4 Å². The lowest BCUT2D eigenvalue weighted by atomic mass is 10.3. The van der Waals surface area contributed by atoms with Crippen LogP contribution in [0.4, 0.5) is 5.69 Å². The number of nitrogens with zero attached hydrogens (tertiary/aromatic N) is 3. The first-order valence-corrected chi connectivity index (χ1v) is 4.95. The lowest BCUT2D eigenvalue weighted by Crippen LogP contribution is -2.24. The van der Waals surface area contributed by atoms with E-state index in [0.29, 0.717) is 0 Å². The molecule has 0 spiro atoms. The van der Waals surface area contributed by atoms with Crippen LogP contribution < -0.4 is 0 Å². The van der Waals surface area contributed by atoms with Gasteiger partial charge in [-0.2, -0.15) is 5.10 Å². The fraction of sp³-hybridized carbons (Fsp3) is 0.667. The molecule has 1 heterocycles. The minimum absolute atomic E-state index is 0.0432. The molecule has 7 heteroatoms. The van der Waals surface area contributed by atoms with Crippen LogP contribution in [0.5, 0.6) is 0 Å². The van der Waals surface area contributed by atoms with E-state index < -0.39 is 11.0 Å². The van der Waals surface area contributed by atoms with Crippen LogP contribution in [0.25, 0.3) is 0 Å². The van der Waals surface area contributed by atoms with Gasteiger partial charge in [-0.05, 0) is 13.8 Å². The zero-order valence-electron chi connectivity index (χ0n) is 9.24. The SMILES string of the molecule is CC(C)OCC(O)Cn1cc([N+](=O)[O-])cn1. The van der Waals surface area contributed by atoms with Crippen molar-refractivity contribution >= 4 is 5.69 Å². The molecule has 0 aliphatic heterocycles. The third kappa shape index (κ3) is 3.95. The molecule has 0 bridgehead atoms. The van der Waals surface area contributed by atoms with Crippen LogP contribution >= 0.6 is 0 Å². The molecule has 90 valence electrons. The van der Waals surface area contributed by atoms with Gasteiger partial charge in [-0.3, -0.25) is 14.8 Å². The summed E-state index contributed by atoms with van der Waals surface area (Å²) in [5.41, 5.74) is -0.0861. The van der Waals surface area contributed by atoms with Gasteiger partial charge >= 0.3 is 5.69 Å². The van der Waals surface area contributed by atoms with E-state index in [1.807, 2.05) is 13.8 Å². The lowest BCUT2D eigenvalue weighted by molar-refractivity contribution is -0.385. The van der Waals surface area contributed by atoms with E-state index in [0.717, 1.165) is 6.20 Å². The summed E-state index contributed by atoms with van der Waals surface area (Å²) in [4.78, 5) is 9.85. The summed E-state index contributed by atoms with van der Waals surface area (Å²) in [6, 6.07) is 0. The maximum Gasteiger partial charge on any atom is 0.306 e. The van der Waals surface area contributed by atoms with Gasteiger partial charge in [0.15, 0.2) is 0 Å². The van der Waals surface area contributed by atoms with Crippen LogP contribution in [0.3, 0.4) is 0 Å². The Hall–Kier alpha value is -1.47. The number of aliphatic hydroxyl groups excluding tert-OH is 1. The van der Waals surface area contributed by atoms with Gasteiger partial charge in [0.05, 0.1) is 30.3 Å². The Balaban J connectivity index is 2.43. The van der Waals surface area contributed by atoms with Crippen LogP contribution in [0, 0.1) is 10.1 Å². The Labute approximate surface area is 92.8 Å². The molecule has 1 N–H and O–H groups in total. The second-order valence-corrected chi connectivity index (χ2v) is 3.71. The molecule has 0 fully saturated rings. The van der Waals surface area contributed by atoms with Crippen LogP contribution in [-0.4, -0.2) is 38.6 Å². The van der Waals surface area contributed by atoms with Crippen LogP contribution in [0.2, 0.25) is 0 Å². The topological polar surface area (TPSA) is 90.4 Å². The second-order valence-electron chi connectivity index (χ2n) is 3.71. The van der Waals surface area contributed by atoms with Crippen LogP contribution in [0.15, 0.2) is 12.4 Å². The van der Waals surface area contributed by atoms with E-state index in [1.54, 1.807) is 0 Å². The van der Waals surface area contributed by atoms with E-state index in [4.69, 9.17) is 4.74 Å². The van der Waals surface area contributed by atoms with Crippen molar-refractivity contribution in [3.8, 4) is 0 Å². The Kier molecular flexibility index (Phi) is 4.39. The van der Waals surface area contributed by atoms with Crippen LogP contribution in [-0.2, 0) is 11.3 Å². The monoisotopic (exact) mass is 229 g/mol. The molecular weight excluding hydrogens is 214 g/mol. The molecule has 0 aliphatic rings. The minimum Gasteiger partial charge on any atom is -0.389 e. The van der Waals surface area contributed by atoms with E-state index in [1.165, 1.54) is 10.9 Å². The van der Waals surface area contributed by atoms with Gasteiger partial charge in [0.25, 0.3) is 0 Å². The molecular formula is C9H15N3O4. The summed E-state index contributed by atoms with van der Waals surface area (Å²) in [6.45, 7) is 4.10. The van der Waals surface area contributed by atoms with Crippen molar-refractivity contribution in [1.82, 2.24) is 9.78 Å². The number of hydrogen-bond donors (Lipinski definition) is 1. The standard InChI is InChI=1S/C9H15N3O4/c1-7(2)16-6-9(13)5-11-4-8(3-10-11)12(14)15/h3-4,7,9,13H,5-6H2,1-2H3. The van der Waals surface area contributed by atoms with Crippen molar-refractivity contribution in [2.24, 2.45) is 0 Å². The summed E-state index contributed by atoms with van der Waals surface area (Å²) >= 11 is 0. The highest BCUT2D eigenvalue weighted by Gasteiger charge is 2.12. The summed E-state index contributed by atoms with van der Waals surface area (Å²) in [7, 11) is 0. The zero-order chi connectivity index (χ0) is 12.1. The molecule has 0 saturated heterocycles. The molecule has 0 aromatic carbocycles. The van der Waals surface area contributed by atoms with Crippen molar-refractivity contribution in [2.45, 2.75) is 32.6 Å². The summed E-state index contributed by atoms with van der Waals surface area (Å²) in [5.74, 6) is 0. The molecule has 1 rings (SSSR count). The zero-order valence-corrected chi connectivity index (χ0v) is 9.24. The molecule has 7 nitrogen and oxygen atoms in total. The molecule has 1 aromatic heterocycles. The molecule has 0 aliphatic carbocycles. The Bertz CT molecular complexity index is 350. The quantitative estimate of drug-likeness (QED) is 0.569. The highest BCUT2D eigenvalue weighted by atomic mass is 16.6. The number of nitro groups is 1. The largest absolute Gasteiger partial charge is 0.389 e. The van der Waals surface area contributed by atoms with E-state index in [-0.39, 0.29) is 24.9 Å². The number of hydrogen-bond acceptors (Lipinski definition) is 5. The Morgan fingerprint density at radius 2 is 2.38 bits per heavy atom. The Morgan fingerprint density at radius 3 is 2.88 bits per heavy atom. The molecule has 16 heavy (non-hydrogen) atoms. The Morgan fingerprint density at radius 1 is 1.69 bits per heavy atom. The number of ether oxygens (including phenoxy) is 1. The summed E-state index contributed by atoms with van der Waals surface area (Å²) < 4.78 is 6.53. The van der Waals surface area contributed by atoms with Gasteiger partial charge in [0, 0.05) is 0 Å². The molecule has 0 radical (unpaired) electrons. The molecule has 1 atom stereocenters. The molecule has 1 aromatic rings. The van der Waals surface area contributed by atoms with Crippen molar-refractivity contribution in [1.29, 1.82) is 0 Å². The maximum absolute atomic E-state index is 10.4. The second kappa shape index (κ2) is 5.57. The number of rotatable bonds is 6. The smallest absolute Gasteiger partial charge is 0.306 e. The lowest BCUT2D eigenvalue weighted by Gasteiger charge is -2.12. The first-order valence-electron chi connectivity index (χ1n) is 4.95. The normalized spacial score (nSPS) is 13.0. The summed E-state index contributed by atoms with van der Waals surface area (Å²) in [5, 5.41) is 23.7. The van der Waals surface area contributed by atoms with Gasteiger partial charge in [-0.1, -0.05) is 0 Å². The van der Waals surface area contributed by atoms with Gasteiger partial charge in [-0.15, -0.1) is 0 Å². The van der Waals surface area contributed by atoms with Crippen molar-refractivity contribution < 1.29 is 14.8 Å². The number of aliphatic hydroxyl groups is 1. The third-order valence-corrected chi connectivity index (χ3v) is 1.85. The average Bonchev–Trinajstić information content (AvgIpc) is 2.63. The number of aromatic nitrogens is 2. The van der Waals surface area contributed by atoms with Crippen molar-refractivity contribution in [3.63, 3.8) is 0 Å². The van der Waals surface area contributed by atoms with Gasteiger partial charge in [0.2, 0.25) is 0 Å². The maximum atomic E-state index is 10.4. The fourth-order valence-corrected chi connectivity index (χ4v) is 1.12. The van der Waals surface area contributed by atoms with E-state index >= 15 is 0 Å². The van der Waals surface area contributed by atoms with Crippen molar-refractivity contribution in [3.05, 3.63) is 22.5 Å².